The lowest BCUT2D eigenvalue weighted by Crippen LogP contribution is -2.49. The molecule has 0 aromatic heterocycles. The van der Waals surface area contributed by atoms with E-state index < -0.39 is 6.10 Å². The first kappa shape index (κ1) is 18.7. The predicted molar refractivity (Wildman–Crippen MR) is 102 cm³/mol. The number of aliphatic hydroxyl groups is 1. The molecule has 4 nitrogen and oxygen atoms in total. The van der Waals surface area contributed by atoms with E-state index >= 15 is 0 Å². The van der Waals surface area contributed by atoms with Crippen LogP contribution < -0.4 is 10.1 Å². The van der Waals surface area contributed by atoms with Gasteiger partial charge in [0.1, 0.15) is 5.75 Å². The third kappa shape index (κ3) is 4.96. The zero-order chi connectivity index (χ0) is 17.6. The molecule has 1 aliphatic carbocycles. The number of nitrogens with one attached hydrogen (secondary N) is 1. The smallest absolute Gasteiger partial charge is 0.118 e. The van der Waals surface area contributed by atoms with Crippen LogP contribution in [0.5, 0.6) is 5.75 Å². The predicted octanol–water partition coefficient (Wildman–Crippen LogP) is 3.50. The zero-order valence-corrected chi connectivity index (χ0v) is 15.8. The fourth-order valence-corrected chi connectivity index (χ4v) is 4.43. The molecular formula is C21H34N2O2. The minimum atomic E-state index is -0.484. The highest BCUT2D eigenvalue weighted by Crippen LogP contribution is 2.26. The third-order valence-electron chi connectivity index (χ3n) is 6.05. The maximum absolute atomic E-state index is 10.6. The van der Waals surface area contributed by atoms with Crippen LogP contribution in [-0.2, 0) is 0 Å². The Morgan fingerprint density at radius 2 is 1.68 bits per heavy atom. The second-order valence-electron chi connectivity index (χ2n) is 7.78. The van der Waals surface area contributed by atoms with Crippen molar-refractivity contribution in [2.45, 2.75) is 76.1 Å². The Kier molecular flexibility index (Phi) is 6.74. The first-order chi connectivity index (χ1) is 12.2. The van der Waals surface area contributed by atoms with Gasteiger partial charge in [-0.25, -0.2) is 0 Å². The van der Waals surface area contributed by atoms with Crippen molar-refractivity contribution in [3.8, 4) is 5.75 Å². The van der Waals surface area contributed by atoms with Gasteiger partial charge in [-0.2, -0.15) is 0 Å². The highest BCUT2D eigenvalue weighted by molar-refractivity contribution is 5.29. The van der Waals surface area contributed by atoms with Gasteiger partial charge in [0.25, 0.3) is 0 Å². The van der Waals surface area contributed by atoms with Gasteiger partial charge in [-0.15, -0.1) is 0 Å². The molecule has 0 amide bonds. The van der Waals surface area contributed by atoms with Crippen LogP contribution in [0.1, 0.15) is 63.5 Å². The van der Waals surface area contributed by atoms with Gasteiger partial charge in [0.15, 0.2) is 0 Å². The monoisotopic (exact) mass is 346 g/mol. The summed E-state index contributed by atoms with van der Waals surface area (Å²) in [5.74, 6) is 0.826. The standard InChI is InChI=1S/C21H34N2O2/c1-16(21(24)17-8-10-20(25-2)11-9-17)22-18-12-14-23(15-13-18)19-6-4-3-5-7-19/h8-11,16,18-19,21-22,24H,3-7,12-15H2,1-2H3. The number of likely N-dealkylation sites (tertiary alicyclic amines) is 1. The summed E-state index contributed by atoms with van der Waals surface area (Å²) in [4.78, 5) is 2.71. The number of nitrogens with zero attached hydrogens (tertiary/aromatic N) is 1. The average molecular weight is 347 g/mol. The van der Waals surface area contributed by atoms with Crippen LogP contribution in [-0.4, -0.2) is 48.3 Å². The number of rotatable bonds is 6. The summed E-state index contributed by atoms with van der Waals surface area (Å²) >= 11 is 0. The molecule has 1 saturated heterocycles. The molecule has 2 unspecified atom stereocenters. The van der Waals surface area contributed by atoms with Gasteiger partial charge in [-0.3, -0.25) is 0 Å². The fourth-order valence-electron chi connectivity index (χ4n) is 4.43. The summed E-state index contributed by atoms with van der Waals surface area (Å²) in [6.45, 7) is 4.49. The number of hydrogen-bond acceptors (Lipinski definition) is 4. The third-order valence-corrected chi connectivity index (χ3v) is 6.05. The topological polar surface area (TPSA) is 44.7 Å². The molecule has 2 N–H and O–H groups in total. The molecule has 1 saturated carbocycles. The largest absolute Gasteiger partial charge is 0.497 e. The van der Waals surface area contributed by atoms with E-state index in [-0.39, 0.29) is 6.04 Å². The van der Waals surface area contributed by atoms with Crippen molar-refractivity contribution >= 4 is 0 Å². The van der Waals surface area contributed by atoms with Crippen molar-refractivity contribution in [3.63, 3.8) is 0 Å². The molecule has 2 atom stereocenters. The summed E-state index contributed by atoms with van der Waals surface area (Å²) in [5, 5.41) is 14.3. The Balaban J connectivity index is 1.45. The molecule has 2 fully saturated rings. The van der Waals surface area contributed by atoms with Crippen molar-refractivity contribution in [1.82, 2.24) is 10.2 Å². The lowest BCUT2D eigenvalue weighted by Gasteiger charge is -2.40. The van der Waals surface area contributed by atoms with Crippen LogP contribution in [0.2, 0.25) is 0 Å². The Labute approximate surface area is 152 Å². The van der Waals surface area contributed by atoms with E-state index in [1.807, 2.05) is 24.3 Å². The van der Waals surface area contributed by atoms with Crippen molar-refractivity contribution in [3.05, 3.63) is 29.8 Å². The number of piperidine rings is 1. The average Bonchev–Trinajstić information content (AvgIpc) is 2.68. The van der Waals surface area contributed by atoms with Crippen LogP contribution in [0.25, 0.3) is 0 Å². The van der Waals surface area contributed by atoms with Crippen molar-refractivity contribution in [1.29, 1.82) is 0 Å². The van der Waals surface area contributed by atoms with Crippen LogP contribution in [0, 0.1) is 0 Å². The Bertz CT molecular complexity index is 505. The lowest BCUT2D eigenvalue weighted by atomic mass is 9.91. The first-order valence-corrected chi connectivity index (χ1v) is 9.99. The Morgan fingerprint density at radius 3 is 2.28 bits per heavy atom. The van der Waals surface area contributed by atoms with Gasteiger partial charge >= 0.3 is 0 Å². The van der Waals surface area contributed by atoms with E-state index in [0.29, 0.717) is 6.04 Å². The maximum atomic E-state index is 10.6. The lowest BCUT2D eigenvalue weighted by molar-refractivity contribution is 0.0927. The van der Waals surface area contributed by atoms with Crippen molar-refractivity contribution in [2.75, 3.05) is 20.2 Å². The van der Waals surface area contributed by atoms with Crippen LogP contribution in [0.15, 0.2) is 24.3 Å². The number of methoxy groups -OCH3 is 1. The first-order valence-electron chi connectivity index (χ1n) is 9.99. The second-order valence-corrected chi connectivity index (χ2v) is 7.78. The Morgan fingerprint density at radius 1 is 1.04 bits per heavy atom. The minimum Gasteiger partial charge on any atom is -0.497 e. The highest BCUT2D eigenvalue weighted by Gasteiger charge is 2.27. The molecule has 1 aromatic rings. The zero-order valence-electron chi connectivity index (χ0n) is 15.8. The van der Waals surface area contributed by atoms with E-state index in [0.717, 1.165) is 17.4 Å². The quantitative estimate of drug-likeness (QED) is 0.827. The van der Waals surface area contributed by atoms with Crippen LogP contribution >= 0.6 is 0 Å². The van der Waals surface area contributed by atoms with Gasteiger partial charge < -0.3 is 20.1 Å². The molecule has 1 aliphatic heterocycles. The summed E-state index contributed by atoms with van der Waals surface area (Å²) in [6.07, 6.45) is 8.93. The highest BCUT2D eigenvalue weighted by atomic mass is 16.5. The second kappa shape index (κ2) is 9.02. The molecule has 1 aromatic carbocycles. The maximum Gasteiger partial charge on any atom is 0.118 e. The summed E-state index contributed by atoms with van der Waals surface area (Å²) in [5.41, 5.74) is 0.945. The SMILES string of the molecule is COc1ccc(C(O)C(C)NC2CCN(C3CCCCC3)CC2)cc1. The number of hydrogen-bond donors (Lipinski definition) is 2. The summed E-state index contributed by atoms with van der Waals surface area (Å²) < 4.78 is 5.19. The minimum absolute atomic E-state index is 0.0552. The fraction of sp³-hybridized carbons (Fsp3) is 0.714. The number of aliphatic hydroxyl groups excluding tert-OH is 1. The molecule has 0 bridgehead atoms. The van der Waals surface area contributed by atoms with Gasteiger partial charge in [0.2, 0.25) is 0 Å². The molecule has 4 heteroatoms. The van der Waals surface area contributed by atoms with E-state index in [1.165, 1.54) is 58.0 Å². The van der Waals surface area contributed by atoms with Crippen LogP contribution in [0.3, 0.4) is 0 Å². The van der Waals surface area contributed by atoms with Gasteiger partial charge in [-0.05, 0) is 63.4 Å². The van der Waals surface area contributed by atoms with Gasteiger partial charge in [0, 0.05) is 18.1 Å². The molecule has 25 heavy (non-hydrogen) atoms. The molecule has 3 rings (SSSR count). The van der Waals surface area contributed by atoms with Crippen molar-refractivity contribution in [2.24, 2.45) is 0 Å². The van der Waals surface area contributed by atoms with E-state index in [9.17, 15) is 5.11 Å². The van der Waals surface area contributed by atoms with E-state index in [4.69, 9.17) is 4.74 Å². The van der Waals surface area contributed by atoms with Crippen LogP contribution in [0.4, 0.5) is 0 Å². The molecule has 140 valence electrons. The van der Waals surface area contributed by atoms with E-state index in [2.05, 4.69) is 17.1 Å². The molecule has 1 heterocycles. The Hall–Kier alpha value is -1.10. The summed E-state index contributed by atoms with van der Waals surface area (Å²) in [6, 6.07) is 9.13. The number of ether oxygens (including phenoxy) is 1. The molecule has 0 radical (unpaired) electrons. The molecular weight excluding hydrogens is 312 g/mol. The van der Waals surface area contributed by atoms with Gasteiger partial charge in [-0.1, -0.05) is 31.4 Å². The van der Waals surface area contributed by atoms with Crippen molar-refractivity contribution < 1.29 is 9.84 Å². The molecule has 2 aliphatic rings. The van der Waals surface area contributed by atoms with E-state index in [1.54, 1.807) is 7.11 Å². The summed E-state index contributed by atoms with van der Waals surface area (Å²) in [7, 11) is 1.66. The normalized spacial score (nSPS) is 23.3. The molecule has 0 spiro atoms. The number of benzene rings is 1. The van der Waals surface area contributed by atoms with Gasteiger partial charge in [0.05, 0.1) is 13.2 Å².